The van der Waals surface area contributed by atoms with Crippen LogP contribution >= 0.6 is 0 Å². The van der Waals surface area contributed by atoms with Gasteiger partial charge in [0.25, 0.3) is 5.91 Å². The zero-order valence-corrected chi connectivity index (χ0v) is 10.5. The number of carbonyl (C=O) groups is 1. The average molecular weight is 263 g/mol. The quantitative estimate of drug-likeness (QED) is 0.904. The average Bonchev–Trinajstić information content (AvgIpc) is 2.58. The van der Waals surface area contributed by atoms with E-state index in [9.17, 15) is 18.0 Å². The van der Waals surface area contributed by atoms with E-state index in [1.54, 1.807) is 13.0 Å². The van der Waals surface area contributed by atoms with Crippen molar-refractivity contribution in [2.75, 3.05) is 6.54 Å². The predicted molar refractivity (Wildman–Crippen MR) is 60.5 cm³/mol. The van der Waals surface area contributed by atoms with E-state index < -0.39 is 25.0 Å². The molecule has 0 fully saturated rings. The Bertz CT molecular complexity index is 421. The largest absolute Gasteiger partial charge is 0.465 e. The molecule has 1 amide bonds. The van der Waals surface area contributed by atoms with E-state index in [-0.39, 0.29) is 5.92 Å². The SMILES string of the molecule is Cc1oc(C(C)C)cc1C(=O)NCCC(F)(F)F. The molecular weight excluding hydrogens is 247 g/mol. The number of rotatable bonds is 4. The van der Waals surface area contributed by atoms with Crippen LogP contribution in [0.1, 0.15) is 48.1 Å². The highest BCUT2D eigenvalue weighted by Crippen LogP contribution is 2.22. The third kappa shape index (κ3) is 4.09. The summed E-state index contributed by atoms with van der Waals surface area (Å²) in [4.78, 5) is 11.6. The van der Waals surface area contributed by atoms with Gasteiger partial charge in [-0.05, 0) is 13.0 Å². The fourth-order valence-corrected chi connectivity index (χ4v) is 1.43. The Labute approximate surface area is 103 Å². The van der Waals surface area contributed by atoms with Gasteiger partial charge in [-0.15, -0.1) is 0 Å². The molecule has 1 rings (SSSR count). The third-order valence-electron chi connectivity index (χ3n) is 2.44. The molecule has 0 aliphatic heterocycles. The molecule has 3 nitrogen and oxygen atoms in total. The first-order valence-corrected chi connectivity index (χ1v) is 5.66. The van der Waals surface area contributed by atoms with Crippen molar-refractivity contribution in [1.29, 1.82) is 0 Å². The molecule has 0 saturated carbocycles. The van der Waals surface area contributed by atoms with Crippen LogP contribution in [0.5, 0.6) is 0 Å². The number of nitrogens with one attached hydrogen (secondary N) is 1. The summed E-state index contributed by atoms with van der Waals surface area (Å²) in [6.45, 7) is 5.00. The van der Waals surface area contributed by atoms with Crippen LogP contribution in [0.25, 0.3) is 0 Å². The molecule has 0 aliphatic rings. The molecule has 1 aromatic heterocycles. The van der Waals surface area contributed by atoms with Crippen molar-refractivity contribution < 1.29 is 22.4 Å². The minimum Gasteiger partial charge on any atom is -0.465 e. The second-order valence-corrected chi connectivity index (χ2v) is 4.39. The minimum atomic E-state index is -4.26. The van der Waals surface area contributed by atoms with E-state index in [0.717, 1.165) is 0 Å². The van der Waals surface area contributed by atoms with E-state index in [2.05, 4.69) is 5.32 Å². The van der Waals surface area contributed by atoms with Crippen molar-refractivity contribution in [2.45, 2.75) is 39.3 Å². The van der Waals surface area contributed by atoms with Crippen LogP contribution in [0.4, 0.5) is 13.2 Å². The van der Waals surface area contributed by atoms with Gasteiger partial charge < -0.3 is 9.73 Å². The first-order chi connectivity index (χ1) is 8.20. The summed E-state index contributed by atoms with van der Waals surface area (Å²) in [5.74, 6) is 0.657. The Hall–Kier alpha value is -1.46. The lowest BCUT2D eigenvalue weighted by Gasteiger charge is -2.07. The summed E-state index contributed by atoms with van der Waals surface area (Å²) >= 11 is 0. The maximum Gasteiger partial charge on any atom is 0.390 e. The van der Waals surface area contributed by atoms with Gasteiger partial charge in [0.05, 0.1) is 12.0 Å². The number of amides is 1. The van der Waals surface area contributed by atoms with E-state index in [0.29, 0.717) is 17.1 Å². The maximum atomic E-state index is 11.9. The molecule has 0 saturated heterocycles. The highest BCUT2D eigenvalue weighted by Gasteiger charge is 2.27. The van der Waals surface area contributed by atoms with Crippen LogP contribution in [0.2, 0.25) is 0 Å². The van der Waals surface area contributed by atoms with Crippen LogP contribution in [-0.2, 0) is 0 Å². The summed E-state index contributed by atoms with van der Waals surface area (Å²) in [6, 6.07) is 1.57. The zero-order valence-electron chi connectivity index (χ0n) is 10.5. The van der Waals surface area contributed by atoms with Gasteiger partial charge in [0.2, 0.25) is 0 Å². The fraction of sp³-hybridized carbons (Fsp3) is 0.583. The molecular formula is C12H16F3NO2. The predicted octanol–water partition coefficient (Wildman–Crippen LogP) is 3.39. The third-order valence-corrected chi connectivity index (χ3v) is 2.44. The lowest BCUT2D eigenvalue weighted by Crippen LogP contribution is -2.28. The molecule has 0 aromatic carbocycles. The first kappa shape index (κ1) is 14.6. The fourth-order valence-electron chi connectivity index (χ4n) is 1.43. The van der Waals surface area contributed by atoms with Gasteiger partial charge in [0, 0.05) is 12.5 Å². The molecule has 1 N–H and O–H groups in total. The van der Waals surface area contributed by atoms with Gasteiger partial charge in [-0.25, -0.2) is 0 Å². The number of carbonyl (C=O) groups excluding carboxylic acids is 1. The molecule has 0 bridgehead atoms. The zero-order chi connectivity index (χ0) is 13.9. The molecule has 102 valence electrons. The van der Waals surface area contributed by atoms with Gasteiger partial charge >= 0.3 is 6.18 Å². The Balaban J connectivity index is 2.62. The Morgan fingerprint density at radius 3 is 2.50 bits per heavy atom. The Kier molecular flexibility index (Phi) is 4.43. The molecule has 0 spiro atoms. The second-order valence-electron chi connectivity index (χ2n) is 4.39. The van der Waals surface area contributed by atoms with Crippen molar-refractivity contribution >= 4 is 5.91 Å². The highest BCUT2D eigenvalue weighted by atomic mass is 19.4. The summed E-state index contributed by atoms with van der Waals surface area (Å²) < 4.78 is 41.1. The maximum absolute atomic E-state index is 11.9. The van der Waals surface area contributed by atoms with Crippen molar-refractivity contribution in [3.05, 3.63) is 23.2 Å². The summed E-state index contributed by atoms with van der Waals surface area (Å²) in [5, 5.41) is 2.23. The number of alkyl halides is 3. The monoisotopic (exact) mass is 263 g/mol. The van der Waals surface area contributed by atoms with E-state index in [4.69, 9.17) is 4.42 Å². The van der Waals surface area contributed by atoms with E-state index in [1.165, 1.54) is 0 Å². The van der Waals surface area contributed by atoms with Gasteiger partial charge in [-0.3, -0.25) is 4.79 Å². The normalized spacial score (nSPS) is 11.9. The smallest absolute Gasteiger partial charge is 0.390 e. The summed E-state index contributed by atoms with van der Waals surface area (Å²) in [5.41, 5.74) is 0.292. The van der Waals surface area contributed by atoms with Crippen molar-refractivity contribution in [3.8, 4) is 0 Å². The van der Waals surface area contributed by atoms with Crippen molar-refractivity contribution in [1.82, 2.24) is 5.32 Å². The number of aryl methyl sites for hydroxylation is 1. The van der Waals surface area contributed by atoms with Crippen LogP contribution in [0.3, 0.4) is 0 Å². The van der Waals surface area contributed by atoms with E-state index >= 15 is 0 Å². The number of furan rings is 1. The summed E-state index contributed by atoms with van der Waals surface area (Å²) in [7, 11) is 0. The van der Waals surface area contributed by atoms with Crippen LogP contribution in [0, 0.1) is 6.92 Å². The Morgan fingerprint density at radius 1 is 1.44 bits per heavy atom. The molecule has 0 aliphatic carbocycles. The number of hydrogen-bond acceptors (Lipinski definition) is 2. The van der Waals surface area contributed by atoms with Crippen molar-refractivity contribution in [2.24, 2.45) is 0 Å². The van der Waals surface area contributed by atoms with Crippen LogP contribution < -0.4 is 5.32 Å². The van der Waals surface area contributed by atoms with Gasteiger partial charge in [-0.1, -0.05) is 13.8 Å². The van der Waals surface area contributed by atoms with Crippen LogP contribution in [0.15, 0.2) is 10.5 Å². The van der Waals surface area contributed by atoms with Crippen LogP contribution in [-0.4, -0.2) is 18.6 Å². The second kappa shape index (κ2) is 5.46. The first-order valence-electron chi connectivity index (χ1n) is 5.66. The minimum absolute atomic E-state index is 0.125. The molecule has 1 aromatic rings. The molecule has 0 radical (unpaired) electrons. The van der Waals surface area contributed by atoms with Gasteiger partial charge in [-0.2, -0.15) is 13.2 Å². The molecule has 0 atom stereocenters. The lowest BCUT2D eigenvalue weighted by atomic mass is 10.1. The standard InChI is InChI=1S/C12H16F3NO2/c1-7(2)10-6-9(8(3)18-10)11(17)16-5-4-12(13,14)15/h6-7H,4-5H2,1-3H3,(H,16,17). The Morgan fingerprint density at radius 2 is 2.06 bits per heavy atom. The highest BCUT2D eigenvalue weighted by molar-refractivity contribution is 5.95. The molecule has 1 heterocycles. The molecule has 6 heteroatoms. The summed E-state index contributed by atoms with van der Waals surface area (Å²) in [6.07, 6.45) is -5.30. The topological polar surface area (TPSA) is 42.2 Å². The molecule has 18 heavy (non-hydrogen) atoms. The van der Waals surface area contributed by atoms with E-state index in [1.807, 2.05) is 13.8 Å². The van der Waals surface area contributed by atoms with Crippen molar-refractivity contribution in [3.63, 3.8) is 0 Å². The lowest BCUT2D eigenvalue weighted by molar-refractivity contribution is -0.132. The van der Waals surface area contributed by atoms with Gasteiger partial charge in [0.1, 0.15) is 11.5 Å². The number of hydrogen-bond donors (Lipinski definition) is 1. The number of halogens is 3. The van der Waals surface area contributed by atoms with Gasteiger partial charge in [0.15, 0.2) is 0 Å². The molecule has 0 unspecified atom stereocenters.